The molecule has 0 aliphatic carbocycles. The minimum absolute atomic E-state index is 0.229. The summed E-state index contributed by atoms with van der Waals surface area (Å²) in [6.07, 6.45) is 1.01. The van der Waals surface area contributed by atoms with Gasteiger partial charge in [-0.3, -0.25) is 9.52 Å². The maximum absolute atomic E-state index is 13.7. The summed E-state index contributed by atoms with van der Waals surface area (Å²) in [6, 6.07) is 10.5. The number of anilines is 2. The highest BCUT2D eigenvalue weighted by Gasteiger charge is 2.14. The topological polar surface area (TPSA) is 75.3 Å². The van der Waals surface area contributed by atoms with Crippen molar-refractivity contribution in [2.24, 2.45) is 0 Å². The fourth-order valence-electron chi connectivity index (χ4n) is 2.26. The molecule has 1 heterocycles. The van der Waals surface area contributed by atoms with Crippen molar-refractivity contribution >= 4 is 60.3 Å². The highest BCUT2D eigenvalue weighted by atomic mass is 35.5. The van der Waals surface area contributed by atoms with Gasteiger partial charge < -0.3 is 5.32 Å². The Kier molecular flexibility index (Phi) is 4.68. The fourth-order valence-corrected chi connectivity index (χ4v) is 4.02. The molecule has 25 heavy (non-hydrogen) atoms. The van der Waals surface area contributed by atoms with E-state index in [1.165, 1.54) is 30.3 Å². The third kappa shape index (κ3) is 4.28. The van der Waals surface area contributed by atoms with Gasteiger partial charge in [-0.05, 0) is 36.4 Å². The first-order chi connectivity index (χ1) is 11.7. The zero-order valence-electron chi connectivity index (χ0n) is 12.8. The van der Waals surface area contributed by atoms with Gasteiger partial charge in [0.1, 0.15) is 5.82 Å². The number of hydrogen-bond acceptors (Lipinski definition) is 4. The summed E-state index contributed by atoms with van der Waals surface area (Å²) in [5, 5.41) is 3.27. The first-order valence-corrected chi connectivity index (χ1v) is 10.1. The molecule has 0 saturated carbocycles. The normalized spacial score (nSPS) is 11.5. The quantitative estimate of drug-likeness (QED) is 0.687. The molecule has 130 valence electrons. The molecule has 0 radical (unpaired) electrons. The fraction of sp³-hybridized carbons (Fsp3) is 0.0625. The highest BCUT2D eigenvalue weighted by Crippen LogP contribution is 2.29. The summed E-state index contributed by atoms with van der Waals surface area (Å²) >= 11 is 7.12. The van der Waals surface area contributed by atoms with Crippen molar-refractivity contribution in [3.63, 3.8) is 0 Å². The number of hydrogen-bond donors (Lipinski definition) is 2. The first-order valence-electron chi connectivity index (χ1n) is 6.99. The molecule has 0 aliphatic heterocycles. The molecular formula is C16H12ClFN2O3S2. The van der Waals surface area contributed by atoms with Gasteiger partial charge in [0, 0.05) is 20.8 Å². The Morgan fingerprint density at radius 3 is 2.56 bits per heavy atom. The molecule has 2 N–H and O–H groups in total. The number of rotatable bonds is 4. The number of carbonyl (C=O) groups excluding carboxylic acids is 1. The third-order valence-electron chi connectivity index (χ3n) is 3.19. The average Bonchev–Trinajstić information content (AvgIpc) is 2.90. The number of nitrogens with one attached hydrogen (secondary N) is 2. The van der Waals surface area contributed by atoms with Gasteiger partial charge in [0.2, 0.25) is 10.0 Å². The minimum atomic E-state index is -3.47. The number of sulfonamides is 1. The minimum Gasteiger partial charge on any atom is -0.321 e. The van der Waals surface area contributed by atoms with Crippen molar-refractivity contribution in [3.05, 3.63) is 58.2 Å². The summed E-state index contributed by atoms with van der Waals surface area (Å²) < 4.78 is 39.3. The Balaban J connectivity index is 1.88. The largest absolute Gasteiger partial charge is 0.321 e. The van der Waals surface area contributed by atoms with E-state index in [1.807, 2.05) is 0 Å². The van der Waals surface area contributed by atoms with Gasteiger partial charge in [-0.2, -0.15) is 0 Å². The van der Waals surface area contributed by atoms with E-state index < -0.39 is 21.7 Å². The number of carbonyl (C=O) groups is 1. The van der Waals surface area contributed by atoms with Crippen LogP contribution in [0.1, 0.15) is 9.67 Å². The van der Waals surface area contributed by atoms with Gasteiger partial charge in [0.25, 0.3) is 5.91 Å². The smallest absolute Gasteiger partial charge is 0.265 e. The first kappa shape index (κ1) is 17.7. The van der Waals surface area contributed by atoms with Crippen molar-refractivity contribution in [2.45, 2.75) is 0 Å². The van der Waals surface area contributed by atoms with Gasteiger partial charge in [-0.15, -0.1) is 11.3 Å². The van der Waals surface area contributed by atoms with Crippen molar-refractivity contribution in [1.29, 1.82) is 0 Å². The van der Waals surface area contributed by atoms with Gasteiger partial charge in [-0.25, -0.2) is 12.8 Å². The Hall–Kier alpha value is -2.16. The third-order valence-corrected chi connectivity index (χ3v) is 5.11. The molecule has 0 spiro atoms. The maximum Gasteiger partial charge on any atom is 0.265 e. The van der Waals surface area contributed by atoms with Crippen molar-refractivity contribution in [2.75, 3.05) is 16.3 Å². The van der Waals surface area contributed by atoms with E-state index >= 15 is 0 Å². The number of fused-ring (bicyclic) bond motifs is 1. The molecule has 5 nitrogen and oxygen atoms in total. The van der Waals surface area contributed by atoms with Crippen molar-refractivity contribution in [3.8, 4) is 0 Å². The molecular weight excluding hydrogens is 387 g/mol. The Labute approximate surface area is 152 Å². The Bertz CT molecular complexity index is 1080. The van der Waals surface area contributed by atoms with Gasteiger partial charge in [0.15, 0.2) is 0 Å². The van der Waals surface area contributed by atoms with Crippen LogP contribution in [0.25, 0.3) is 10.1 Å². The molecule has 3 aromatic rings. The Morgan fingerprint density at radius 1 is 1.16 bits per heavy atom. The number of halogens is 2. The lowest BCUT2D eigenvalue weighted by Crippen LogP contribution is -2.12. The molecule has 0 fully saturated rings. The maximum atomic E-state index is 13.7. The highest BCUT2D eigenvalue weighted by molar-refractivity contribution is 7.92. The van der Waals surface area contributed by atoms with Gasteiger partial charge in [-0.1, -0.05) is 17.7 Å². The van der Waals surface area contributed by atoms with Crippen molar-refractivity contribution in [1.82, 2.24) is 0 Å². The summed E-state index contributed by atoms with van der Waals surface area (Å²) in [4.78, 5) is 12.7. The second-order valence-electron chi connectivity index (χ2n) is 5.32. The van der Waals surface area contributed by atoms with Crippen LogP contribution in [-0.2, 0) is 10.0 Å². The zero-order valence-corrected chi connectivity index (χ0v) is 15.2. The van der Waals surface area contributed by atoms with Crippen molar-refractivity contribution < 1.29 is 17.6 Å². The second-order valence-corrected chi connectivity index (χ2v) is 8.59. The molecule has 1 amide bonds. The number of thiophene rings is 1. The van der Waals surface area contributed by atoms with E-state index in [2.05, 4.69) is 10.0 Å². The molecule has 0 unspecified atom stereocenters. The molecule has 0 aliphatic rings. The van der Waals surface area contributed by atoms with Crippen LogP contribution < -0.4 is 10.0 Å². The molecule has 3 rings (SSSR count). The zero-order chi connectivity index (χ0) is 18.2. The number of benzene rings is 2. The second kappa shape index (κ2) is 6.62. The SMILES string of the molecule is CS(=O)(=O)Nc1cc(Cl)cc(NC(=O)c2cc3c(F)cccc3s2)c1. The van der Waals surface area contributed by atoms with Crippen LogP contribution in [0.5, 0.6) is 0 Å². The van der Waals surface area contributed by atoms with Crippen LogP contribution in [0.3, 0.4) is 0 Å². The lowest BCUT2D eigenvalue weighted by Gasteiger charge is -2.09. The van der Waals surface area contributed by atoms with E-state index in [1.54, 1.807) is 12.1 Å². The molecule has 0 saturated heterocycles. The van der Waals surface area contributed by atoms with E-state index in [0.29, 0.717) is 20.7 Å². The van der Waals surface area contributed by atoms with Gasteiger partial charge in [0.05, 0.1) is 16.8 Å². The van der Waals surface area contributed by atoms with Crippen LogP contribution in [0, 0.1) is 5.82 Å². The standard InChI is InChI=1S/C16H12ClFN2O3S2/c1-25(22,23)20-11-6-9(17)5-10(7-11)19-16(21)15-8-12-13(18)3-2-4-14(12)24-15/h2-8,20H,1H3,(H,19,21). The summed E-state index contributed by atoms with van der Waals surface area (Å²) in [6.45, 7) is 0. The molecule has 1 aromatic heterocycles. The van der Waals surface area contributed by atoms with Crippen LogP contribution in [-0.4, -0.2) is 20.6 Å². The molecule has 9 heteroatoms. The predicted octanol–water partition coefficient (Wildman–Crippen LogP) is 4.32. The molecule has 0 bridgehead atoms. The summed E-state index contributed by atoms with van der Waals surface area (Å²) in [5.41, 5.74) is 0.550. The monoisotopic (exact) mass is 398 g/mol. The lowest BCUT2D eigenvalue weighted by molar-refractivity contribution is 0.103. The van der Waals surface area contributed by atoms with E-state index in [4.69, 9.17) is 11.6 Å². The van der Waals surface area contributed by atoms with Crippen LogP contribution in [0.15, 0.2) is 42.5 Å². The molecule has 2 aromatic carbocycles. The van der Waals surface area contributed by atoms with Crippen LogP contribution in [0.2, 0.25) is 5.02 Å². The number of amides is 1. The van der Waals surface area contributed by atoms with Gasteiger partial charge >= 0.3 is 0 Å². The Morgan fingerprint density at radius 2 is 1.88 bits per heavy atom. The van der Waals surface area contributed by atoms with Crippen LogP contribution >= 0.6 is 22.9 Å². The van der Waals surface area contributed by atoms with E-state index in [9.17, 15) is 17.6 Å². The predicted molar refractivity (Wildman–Crippen MR) is 99.7 cm³/mol. The van der Waals surface area contributed by atoms with E-state index in [0.717, 1.165) is 17.6 Å². The summed E-state index contributed by atoms with van der Waals surface area (Å²) in [5.74, 6) is -0.830. The summed E-state index contributed by atoms with van der Waals surface area (Å²) in [7, 11) is -3.47. The van der Waals surface area contributed by atoms with Crippen LogP contribution in [0.4, 0.5) is 15.8 Å². The van der Waals surface area contributed by atoms with E-state index in [-0.39, 0.29) is 10.7 Å². The lowest BCUT2D eigenvalue weighted by atomic mass is 10.2. The molecule has 0 atom stereocenters. The average molecular weight is 399 g/mol.